The SMILES string of the molecule is Cc1ccc(S(=O)(=O)OCC2CC3(C2)CC(n2cc(-c4cnc5ccccc5n4)c(C4CC4)n2)C3)cc1. The molecule has 1 spiro atoms. The maximum atomic E-state index is 12.5. The highest BCUT2D eigenvalue weighted by molar-refractivity contribution is 7.86. The van der Waals surface area contributed by atoms with Crippen LogP contribution in [0.4, 0.5) is 0 Å². The third-order valence-electron chi connectivity index (χ3n) is 8.37. The van der Waals surface area contributed by atoms with E-state index >= 15 is 0 Å². The van der Waals surface area contributed by atoms with Crippen LogP contribution >= 0.6 is 0 Å². The van der Waals surface area contributed by atoms with Crippen LogP contribution in [0.2, 0.25) is 0 Å². The Kier molecular flexibility index (Phi) is 5.27. The molecule has 0 unspecified atom stereocenters. The molecular weight excluding hydrogens is 484 g/mol. The van der Waals surface area contributed by atoms with Crippen molar-refractivity contribution in [3.8, 4) is 11.3 Å². The van der Waals surface area contributed by atoms with Crippen molar-refractivity contribution in [2.75, 3.05) is 6.61 Å². The van der Waals surface area contributed by atoms with Crippen LogP contribution in [0, 0.1) is 18.3 Å². The molecule has 3 aliphatic rings. The fourth-order valence-corrected chi connectivity index (χ4v) is 7.21. The molecule has 7 nitrogen and oxygen atoms in total. The number of aryl methyl sites for hydroxylation is 1. The van der Waals surface area contributed by atoms with Crippen molar-refractivity contribution in [1.82, 2.24) is 19.7 Å². The van der Waals surface area contributed by atoms with E-state index in [-0.39, 0.29) is 11.5 Å². The van der Waals surface area contributed by atoms with Crippen LogP contribution in [-0.2, 0) is 14.3 Å². The molecular formula is C29H30N4O3S. The van der Waals surface area contributed by atoms with Crippen LogP contribution in [-0.4, -0.2) is 34.8 Å². The van der Waals surface area contributed by atoms with Crippen molar-refractivity contribution >= 4 is 21.2 Å². The van der Waals surface area contributed by atoms with E-state index in [1.807, 2.05) is 37.4 Å². The van der Waals surface area contributed by atoms with E-state index in [4.69, 9.17) is 14.3 Å². The largest absolute Gasteiger partial charge is 0.296 e. The number of nitrogens with zero attached hydrogens (tertiary/aromatic N) is 4. The summed E-state index contributed by atoms with van der Waals surface area (Å²) in [5.74, 6) is 0.823. The maximum Gasteiger partial charge on any atom is 0.296 e. The lowest BCUT2D eigenvalue weighted by Crippen LogP contribution is -2.49. The van der Waals surface area contributed by atoms with Crippen molar-refractivity contribution < 1.29 is 12.6 Å². The summed E-state index contributed by atoms with van der Waals surface area (Å²) in [5.41, 5.74) is 6.32. The van der Waals surface area contributed by atoms with Crippen LogP contribution in [0.5, 0.6) is 0 Å². The van der Waals surface area contributed by atoms with Crippen molar-refractivity contribution in [2.45, 2.75) is 62.3 Å². The van der Waals surface area contributed by atoms with Gasteiger partial charge in [-0.1, -0.05) is 29.8 Å². The van der Waals surface area contributed by atoms with Gasteiger partial charge in [0.2, 0.25) is 0 Å². The quantitative estimate of drug-likeness (QED) is 0.289. The summed E-state index contributed by atoms with van der Waals surface area (Å²) in [6.45, 7) is 2.20. The van der Waals surface area contributed by atoms with Crippen LogP contribution in [0.1, 0.15) is 61.7 Å². The van der Waals surface area contributed by atoms with E-state index in [1.165, 1.54) is 12.8 Å². The molecule has 4 aromatic rings. The Hall–Kier alpha value is -3.10. The summed E-state index contributed by atoms with van der Waals surface area (Å²) in [5, 5.41) is 5.05. The first kappa shape index (κ1) is 23.0. The van der Waals surface area contributed by atoms with Gasteiger partial charge in [0.1, 0.15) is 0 Å². The Labute approximate surface area is 217 Å². The number of benzene rings is 2. The van der Waals surface area contributed by atoms with Gasteiger partial charge >= 0.3 is 0 Å². The molecule has 2 aromatic carbocycles. The molecule has 3 fully saturated rings. The number of aromatic nitrogens is 4. The highest BCUT2D eigenvalue weighted by Crippen LogP contribution is 2.63. The molecule has 0 amide bonds. The van der Waals surface area contributed by atoms with Gasteiger partial charge in [0.25, 0.3) is 10.1 Å². The molecule has 3 saturated carbocycles. The van der Waals surface area contributed by atoms with Crippen molar-refractivity contribution in [1.29, 1.82) is 0 Å². The van der Waals surface area contributed by atoms with Crippen LogP contribution in [0.25, 0.3) is 22.3 Å². The molecule has 37 heavy (non-hydrogen) atoms. The maximum absolute atomic E-state index is 12.5. The lowest BCUT2D eigenvalue weighted by molar-refractivity contribution is -0.0766. The Balaban J connectivity index is 0.999. The smallest absolute Gasteiger partial charge is 0.269 e. The van der Waals surface area contributed by atoms with E-state index in [0.717, 1.165) is 59.2 Å². The zero-order valence-electron chi connectivity index (χ0n) is 20.9. The standard InChI is InChI=1S/C29H30N4O3S/c1-19-6-10-23(11-7-19)37(34,35)36-18-20-12-29(13-20)14-22(15-29)33-17-24(28(32-33)21-8-9-21)27-16-30-25-4-2-3-5-26(25)31-27/h2-7,10-11,16-17,20-22H,8-9,12-15,18H2,1H3. The van der Waals surface area contributed by atoms with Crippen LogP contribution in [0.15, 0.2) is 65.8 Å². The first-order chi connectivity index (χ1) is 17.9. The van der Waals surface area contributed by atoms with Gasteiger partial charge in [-0.05, 0) is 81.0 Å². The minimum absolute atomic E-state index is 0.230. The summed E-state index contributed by atoms with van der Waals surface area (Å²) in [6.07, 6.45) is 10.6. The minimum Gasteiger partial charge on any atom is -0.269 e. The lowest BCUT2D eigenvalue weighted by atomic mass is 9.50. The Morgan fingerprint density at radius 2 is 1.73 bits per heavy atom. The second kappa shape index (κ2) is 8.46. The molecule has 0 radical (unpaired) electrons. The number of hydrogen-bond acceptors (Lipinski definition) is 6. The van der Waals surface area contributed by atoms with E-state index in [9.17, 15) is 8.42 Å². The van der Waals surface area contributed by atoms with Crippen LogP contribution in [0.3, 0.4) is 0 Å². The van der Waals surface area contributed by atoms with Gasteiger partial charge < -0.3 is 0 Å². The van der Waals surface area contributed by atoms with Gasteiger partial charge in [0.05, 0.1) is 46.2 Å². The number of hydrogen-bond donors (Lipinski definition) is 0. The normalized spacial score (nSPS) is 25.2. The first-order valence-corrected chi connectivity index (χ1v) is 14.6. The molecule has 8 heteroatoms. The van der Waals surface area contributed by atoms with E-state index in [0.29, 0.717) is 23.3 Å². The molecule has 0 aliphatic heterocycles. The van der Waals surface area contributed by atoms with Crippen LogP contribution < -0.4 is 0 Å². The Morgan fingerprint density at radius 1 is 1.00 bits per heavy atom. The zero-order valence-corrected chi connectivity index (χ0v) is 21.7. The monoisotopic (exact) mass is 514 g/mol. The summed E-state index contributed by atoms with van der Waals surface area (Å²) >= 11 is 0. The number of rotatable bonds is 7. The number of para-hydroxylation sites is 2. The fraction of sp³-hybridized carbons (Fsp3) is 0.414. The van der Waals surface area contributed by atoms with Gasteiger partial charge in [-0.3, -0.25) is 13.8 Å². The van der Waals surface area contributed by atoms with Gasteiger partial charge in [0, 0.05) is 17.7 Å². The third kappa shape index (κ3) is 4.26. The van der Waals surface area contributed by atoms with Crippen molar-refractivity contribution in [2.24, 2.45) is 11.3 Å². The fourth-order valence-electron chi connectivity index (χ4n) is 6.24. The molecule has 0 N–H and O–H groups in total. The predicted octanol–water partition coefficient (Wildman–Crippen LogP) is 5.82. The molecule has 0 saturated heterocycles. The van der Waals surface area contributed by atoms with Gasteiger partial charge in [0.15, 0.2) is 0 Å². The molecule has 2 heterocycles. The second-order valence-corrected chi connectivity index (χ2v) is 12.9. The van der Waals surface area contributed by atoms with Crippen molar-refractivity contribution in [3.05, 3.63) is 72.2 Å². The minimum atomic E-state index is -3.70. The average Bonchev–Trinajstić information content (AvgIpc) is 3.61. The zero-order chi connectivity index (χ0) is 25.2. The average molecular weight is 515 g/mol. The molecule has 3 aliphatic carbocycles. The van der Waals surface area contributed by atoms with Gasteiger partial charge in [-0.2, -0.15) is 13.5 Å². The molecule has 190 valence electrons. The van der Waals surface area contributed by atoms with E-state index in [2.05, 4.69) is 15.9 Å². The highest BCUT2D eigenvalue weighted by atomic mass is 32.2. The van der Waals surface area contributed by atoms with E-state index < -0.39 is 10.1 Å². The summed E-state index contributed by atoms with van der Waals surface area (Å²) in [6, 6.07) is 15.2. The van der Waals surface area contributed by atoms with Gasteiger partial charge in [-0.25, -0.2) is 4.98 Å². The number of fused-ring (bicyclic) bond motifs is 1. The Morgan fingerprint density at radius 3 is 2.46 bits per heavy atom. The second-order valence-electron chi connectivity index (χ2n) is 11.3. The summed E-state index contributed by atoms with van der Waals surface area (Å²) < 4.78 is 32.6. The topological polar surface area (TPSA) is 87.0 Å². The molecule has 7 rings (SSSR count). The van der Waals surface area contributed by atoms with Crippen molar-refractivity contribution in [3.63, 3.8) is 0 Å². The lowest BCUT2D eigenvalue weighted by Gasteiger charge is -2.57. The molecule has 0 bridgehead atoms. The predicted molar refractivity (Wildman–Crippen MR) is 140 cm³/mol. The summed E-state index contributed by atoms with van der Waals surface area (Å²) in [4.78, 5) is 9.74. The molecule has 0 atom stereocenters. The summed E-state index contributed by atoms with van der Waals surface area (Å²) in [7, 11) is -3.70. The molecule has 2 aromatic heterocycles. The third-order valence-corrected chi connectivity index (χ3v) is 9.67. The first-order valence-electron chi connectivity index (χ1n) is 13.1. The Bertz CT molecular complexity index is 1580. The van der Waals surface area contributed by atoms with Gasteiger partial charge in [-0.15, -0.1) is 0 Å². The highest BCUT2D eigenvalue weighted by Gasteiger charge is 2.54. The van der Waals surface area contributed by atoms with E-state index in [1.54, 1.807) is 24.3 Å².